The van der Waals surface area contributed by atoms with Gasteiger partial charge in [0.1, 0.15) is 5.75 Å². The minimum atomic E-state index is -3.46. The highest BCUT2D eigenvalue weighted by molar-refractivity contribution is 7.91. The zero-order valence-electron chi connectivity index (χ0n) is 11.8. The van der Waals surface area contributed by atoms with Gasteiger partial charge in [-0.3, -0.25) is 4.98 Å². The van der Waals surface area contributed by atoms with E-state index in [0.29, 0.717) is 18.8 Å². The van der Waals surface area contributed by atoms with Crippen molar-refractivity contribution in [3.05, 3.63) is 48.3 Å². The number of aromatic nitrogens is 1. The summed E-state index contributed by atoms with van der Waals surface area (Å²) in [6.07, 6.45) is 3.71. The number of ether oxygens (including phenoxy) is 1. The van der Waals surface area contributed by atoms with E-state index in [1.807, 2.05) is 13.0 Å². The summed E-state index contributed by atoms with van der Waals surface area (Å²) in [5.74, 6) is 0.491. The molecule has 2 aromatic rings. The standard InChI is InChI=1S/C15H18N2O3S/c1-2-20-13-5-6-14(16)15(10-13)21(18,19)9-7-12-4-3-8-17-11-12/h3-6,8,10-11H,2,7,9,16H2,1H3. The summed E-state index contributed by atoms with van der Waals surface area (Å²) in [6.45, 7) is 2.31. The van der Waals surface area contributed by atoms with Gasteiger partial charge in [0.25, 0.3) is 0 Å². The van der Waals surface area contributed by atoms with Crippen molar-refractivity contribution in [1.29, 1.82) is 0 Å². The average Bonchev–Trinajstić information content (AvgIpc) is 2.48. The van der Waals surface area contributed by atoms with Gasteiger partial charge in [0, 0.05) is 18.5 Å². The van der Waals surface area contributed by atoms with Crippen LogP contribution in [0.1, 0.15) is 12.5 Å². The van der Waals surface area contributed by atoms with E-state index in [0.717, 1.165) is 5.56 Å². The van der Waals surface area contributed by atoms with Crippen LogP contribution in [0.4, 0.5) is 5.69 Å². The number of nitrogen functional groups attached to an aromatic ring is 1. The van der Waals surface area contributed by atoms with Gasteiger partial charge in [-0.25, -0.2) is 8.42 Å². The fourth-order valence-electron chi connectivity index (χ4n) is 1.95. The minimum absolute atomic E-state index is 0.0154. The SMILES string of the molecule is CCOc1ccc(N)c(S(=O)(=O)CCc2cccnc2)c1. The summed E-state index contributed by atoms with van der Waals surface area (Å²) in [4.78, 5) is 4.10. The summed E-state index contributed by atoms with van der Waals surface area (Å²) in [7, 11) is -3.46. The molecule has 1 heterocycles. The molecule has 2 N–H and O–H groups in total. The summed E-state index contributed by atoms with van der Waals surface area (Å²) in [5.41, 5.74) is 6.91. The predicted octanol–water partition coefficient (Wildman–Crippen LogP) is 2.08. The van der Waals surface area contributed by atoms with Gasteiger partial charge in [-0.05, 0) is 37.1 Å². The van der Waals surface area contributed by atoms with Gasteiger partial charge in [0.15, 0.2) is 9.84 Å². The van der Waals surface area contributed by atoms with E-state index in [1.54, 1.807) is 30.6 Å². The van der Waals surface area contributed by atoms with E-state index in [9.17, 15) is 8.42 Å². The number of sulfone groups is 1. The predicted molar refractivity (Wildman–Crippen MR) is 82.0 cm³/mol. The summed E-state index contributed by atoms with van der Waals surface area (Å²) in [6, 6.07) is 8.34. The van der Waals surface area contributed by atoms with E-state index >= 15 is 0 Å². The molecule has 0 aliphatic heterocycles. The van der Waals surface area contributed by atoms with Gasteiger partial charge in [-0.2, -0.15) is 0 Å². The second-order valence-corrected chi connectivity index (χ2v) is 6.64. The summed E-state index contributed by atoms with van der Waals surface area (Å²) in [5, 5.41) is 0. The molecule has 0 saturated heterocycles. The highest BCUT2D eigenvalue weighted by Gasteiger charge is 2.18. The molecule has 0 atom stereocenters. The molecule has 21 heavy (non-hydrogen) atoms. The van der Waals surface area contributed by atoms with Gasteiger partial charge >= 0.3 is 0 Å². The zero-order valence-corrected chi connectivity index (χ0v) is 12.6. The number of pyridine rings is 1. The number of rotatable bonds is 6. The lowest BCUT2D eigenvalue weighted by molar-refractivity contribution is 0.339. The first-order valence-electron chi connectivity index (χ1n) is 6.67. The van der Waals surface area contributed by atoms with Crippen molar-refractivity contribution in [2.75, 3.05) is 18.1 Å². The highest BCUT2D eigenvalue weighted by atomic mass is 32.2. The van der Waals surface area contributed by atoms with Crippen molar-refractivity contribution < 1.29 is 13.2 Å². The number of hydrogen-bond donors (Lipinski definition) is 1. The molecule has 0 amide bonds. The molecule has 5 nitrogen and oxygen atoms in total. The Labute approximate surface area is 124 Å². The molecule has 112 valence electrons. The Morgan fingerprint density at radius 1 is 1.29 bits per heavy atom. The molecule has 1 aromatic heterocycles. The lowest BCUT2D eigenvalue weighted by Crippen LogP contribution is -2.12. The highest BCUT2D eigenvalue weighted by Crippen LogP contribution is 2.25. The van der Waals surface area contributed by atoms with Gasteiger partial charge < -0.3 is 10.5 Å². The molecule has 6 heteroatoms. The molecule has 0 unspecified atom stereocenters. The first kappa shape index (κ1) is 15.3. The molecule has 0 fully saturated rings. The number of anilines is 1. The fourth-order valence-corrected chi connectivity index (χ4v) is 3.40. The third-order valence-corrected chi connectivity index (χ3v) is 4.78. The number of benzene rings is 1. The number of aryl methyl sites for hydroxylation is 1. The van der Waals surface area contributed by atoms with Crippen molar-refractivity contribution in [2.24, 2.45) is 0 Å². The Hall–Kier alpha value is -2.08. The molecule has 0 radical (unpaired) electrons. The number of nitrogens with zero attached hydrogens (tertiary/aromatic N) is 1. The number of nitrogens with two attached hydrogens (primary N) is 1. The molecule has 0 spiro atoms. The van der Waals surface area contributed by atoms with Crippen LogP contribution >= 0.6 is 0 Å². The van der Waals surface area contributed by atoms with E-state index in [-0.39, 0.29) is 16.3 Å². The third kappa shape index (κ3) is 3.95. The van der Waals surface area contributed by atoms with Crippen molar-refractivity contribution >= 4 is 15.5 Å². The molecule has 0 bridgehead atoms. The van der Waals surface area contributed by atoms with Crippen LogP contribution in [0.2, 0.25) is 0 Å². The Morgan fingerprint density at radius 3 is 2.76 bits per heavy atom. The van der Waals surface area contributed by atoms with Crippen LogP contribution < -0.4 is 10.5 Å². The smallest absolute Gasteiger partial charge is 0.180 e. The Kier molecular flexibility index (Phi) is 4.80. The summed E-state index contributed by atoms with van der Waals surface area (Å²) < 4.78 is 30.2. The maximum Gasteiger partial charge on any atom is 0.180 e. The van der Waals surface area contributed by atoms with E-state index in [2.05, 4.69) is 4.98 Å². The van der Waals surface area contributed by atoms with Gasteiger partial charge in [0.2, 0.25) is 0 Å². The minimum Gasteiger partial charge on any atom is -0.494 e. The van der Waals surface area contributed by atoms with Crippen LogP contribution in [0.3, 0.4) is 0 Å². The first-order chi connectivity index (χ1) is 10.0. The van der Waals surface area contributed by atoms with E-state index < -0.39 is 9.84 Å². The van der Waals surface area contributed by atoms with Gasteiger partial charge in [0.05, 0.1) is 22.9 Å². The Morgan fingerprint density at radius 2 is 2.10 bits per heavy atom. The molecule has 0 aliphatic carbocycles. The summed E-state index contributed by atoms with van der Waals surface area (Å²) >= 11 is 0. The Bertz CT molecular complexity index is 700. The van der Waals surface area contributed by atoms with Crippen molar-refractivity contribution in [1.82, 2.24) is 4.98 Å². The first-order valence-corrected chi connectivity index (χ1v) is 8.32. The lowest BCUT2D eigenvalue weighted by Gasteiger charge is -2.10. The van der Waals surface area contributed by atoms with Crippen LogP contribution in [0.5, 0.6) is 5.75 Å². The normalized spacial score (nSPS) is 11.3. The van der Waals surface area contributed by atoms with Crippen molar-refractivity contribution in [2.45, 2.75) is 18.2 Å². The molecule has 0 aliphatic rings. The second-order valence-electron chi connectivity index (χ2n) is 4.56. The molecule has 1 aromatic carbocycles. The van der Waals surface area contributed by atoms with E-state index in [4.69, 9.17) is 10.5 Å². The topological polar surface area (TPSA) is 82.3 Å². The van der Waals surface area contributed by atoms with Gasteiger partial charge in [-0.1, -0.05) is 6.07 Å². The third-order valence-electron chi connectivity index (χ3n) is 3.01. The maximum atomic E-state index is 12.4. The molecular weight excluding hydrogens is 288 g/mol. The maximum absolute atomic E-state index is 12.4. The zero-order chi connectivity index (χ0) is 15.3. The van der Waals surface area contributed by atoms with Crippen LogP contribution in [-0.4, -0.2) is 25.8 Å². The molecule has 2 rings (SSSR count). The molecule has 0 saturated carbocycles. The number of hydrogen-bond acceptors (Lipinski definition) is 5. The van der Waals surface area contributed by atoms with Crippen LogP contribution in [0.15, 0.2) is 47.6 Å². The van der Waals surface area contributed by atoms with Crippen LogP contribution in [0.25, 0.3) is 0 Å². The van der Waals surface area contributed by atoms with Crippen LogP contribution in [0, 0.1) is 0 Å². The van der Waals surface area contributed by atoms with Crippen molar-refractivity contribution in [3.8, 4) is 5.75 Å². The monoisotopic (exact) mass is 306 g/mol. The fraction of sp³-hybridized carbons (Fsp3) is 0.267. The lowest BCUT2D eigenvalue weighted by atomic mass is 10.2. The van der Waals surface area contributed by atoms with Gasteiger partial charge in [-0.15, -0.1) is 0 Å². The van der Waals surface area contributed by atoms with E-state index in [1.165, 1.54) is 6.07 Å². The quantitative estimate of drug-likeness (QED) is 0.826. The van der Waals surface area contributed by atoms with Crippen molar-refractivity contribution in [3.63, 3.8) is 0 Å². The molecular formula is C15H18N2O3S. The van der Waals surface area contributed by atoms with Crippen LogP contribution in [-0.2, 0) is 16.3 Å². The largest absolute Gasteiger partial charge is 0.494 e. The second kappa shape index (κ2) is 6.58. The Balaban J connectivity index is 2.21. The average molecular weight is 306 g/mol.